The van der Waals surface area contributed by atoms with E-state index in [2.05, 4.69) is 10.3 Å². The van der Waals surface area contributed by atoms with Crippen LogP contribution < -0.4 is 10.6 Å². The lowest BCUT2D eigenvalue weighted by atomic mass is 10.3. The number of amides is 1. The van der Waals surface area contributed by atoms with E-state index in [1.54, 1.807) is 0 Å². The predicted molar refractivity (Wildman–Crippen MR) is 59.3 cm³/mol. The van der Waals surface area contributed by atoms with Crippen molar-refractivity contribution >= 4 is 18.8 Å². The van der Waals surface area contributed by atoms with Gasteiger partial charge in [-0.2, -0.15) is 0 Å². The van der Waals surface area contributed by atoms with Crippen molar-refractivity contribution in [2.45, 2.75) is 0 Å². The Kier molecular flexibility index (Phi) is 3.08. The molecule has 0 aliphatic carbocycles. The molecule has 2 aromatic heterocycles. The molecule has 18 heavy (non-hydrogen) atoms. The molecule has 0 unspecified atom stereocenters. The van der Waals surface area contributed by atoms with Crippen molar-refractivity contribution in [3.05, 3.63) is 24.5 Å². The Morgan fingerprint density at radius 1 is 1.44 bits per heavy atom. The summed E-state index contributed by atoms with van der Waals surface area (Å²) < 4.78 is 21.0. The van der Waals surface area contributed by atoms with Crippen molar-refractivity contribution in [2.75, 3.05) is 7.05 Å². The largest absolute Gasteiger partial charge is 0.462 e. The summed E-state index contributed by atoms with van der Waals surface area (Å²) in [6.45, 7) is 0. The van der Waals surface area contributed by atoms with Gasteiger partial charge in [-0.05, 0) is 6.07 Å². The second-order valence-electron chi connectivity index (χ2n) is 3.30. The zero-order valence-corrected chi connectivity index (χ0v) is 10.0. The first-order valence-corrected chi connectivity index (χ1v) is 6.36. The average molecular weight is 272 g/mol. The molecule has 0 atom stereocenters. The zero-order valence-electron chi connectivity index (χ0n) is 9.15. The van der Waals surface area contributed by atoms with Crippen molar-refractivity contribution in [1.82, 2.24) is 10.3 Å². The summed E-state index contributed by atoms with van der Waals surface area (Å²) in [5.74, 6) is -0.895. The molecule has 1 amide bonds. The van der Waals surface area contributed by atoms with Gasteiger partial charge in [0.15, 0.2) is 5.76 Å². The van der Waals surface area contributed by atoms with Gasteiger partial charge in [-0.1, -0.05) is 0 Å². The van der Waals surface area contributed by atoms with Gasteiger partial charge in [0.1, 0.15) is 17.3 Å². The second kappa shape index (κ2) is 4.41. The topological polar surface area (TPSA) is 126 Å². The number of carbonyl (C=O) groups is 1. The number of nitrogens with one attached hydrogen (secondary N) is 1. The second-order valence-corrected chi connectivity index (χ2v) is 4.87. The molecule has 2 heterocycles. The van der Waals surface area contributed by atoms with Crippen molar-refractivity contribution in [3.8, 4) is 11.5 Å². The highest BCUT2D eigenvalue weighted by atomic mass is 31.2. The summed E-state index contributed by atoms with van der Waals surface area (Å²) in [5, 5.41) is 2.00. The highest BCUT2D eigenvalue weighted by Gasteiger charge is 2.27. The molecule has 2 rings (SSSR count). The standard InChI is InChI=1S/C9H9N2O6P/c1-10-8(12)9-11-5(4-17-9)7-6(2-3-16-7)18(13,14)15/h2-4H,1H3,(H,10,12)(H2,13,14,15). The maximum absolute atomic E-state index is 11.2. The molecule has 0 aliphatic rings. The summed E-state index contributed by atoms with van der Waals surface area (Å²) in [5.41, 5.74) is 0.0388. The lowest BCUT2D eigenvalue weighted by Gasteiger charge is -2.01. The SMILES string of the molecule is CNC(=O)c1nc(-c2occc2P(=O)(O)O)co1. The first-order valence-electron chi connectivity index (χ1n) is 4.75. The number of aromatic nitrogens is 1. The Labute approximate surface area is 101 Å². The monoisotopic (exact) mass is 272 g/mol. The number of nitrogens with zero attached hydrogens (tertiary/aromatic N) is 1. The summed E-state index contributed by atoms with van der Waals surface area (Å²) in [4.78, 5) is 33.2. The van der Waals surface area contributed by atoms with Crippen LogP contribution in [0.2, 0.25) is 0 Å². The molecule has 2 aromatic rings. The molecule has 0 bridgehead atoms. The van der Waals surface area contributed by atoms with Gasteiger partial charge in [0, 0.05) is 7.05 Å². The van der Waals surface area contributed by atoms with E-state index in [4.69, 9.17) is 18.6 Å². The van der Waals surface area contributed by atoms with E-state index in [1.165, 1.54) is 7.05 Å². The lowest BCUT2D eigenvalue weighted by molar-refractivity contribution is 0.0928. The quantitative estimate of drug-likeness (QED) is 0.676. The lowest BCUT2D eigenvalue weighted by Crippen LogP contribution is -2.18. The van der Waals surface area contributed by atoms with Gasteiger partial charge in [-0.3, -0.25) is 9.36 Å². The normalized spacial score (nSPS) is 11.5. The minimum Gasteiger partial charge on any atom is -0.462 e. The van der Waals surface area contributed by atoms with Crippen LogP contribution in [0, 0.1) is 0 Å². The third kappa shape index (κ3) is 2.21. The van der Waals surface area contributed by atoms with Crippen LogP contribution in [0.1, 0.15) is 10.7 Å². The third-order valence-electron chi connectivity index (χ3n) is 2.12. The molecule has 0 saturated heterocycles. The minimum absolute atomic E-state index is 0.0388. The van der Waals surface area contributed by atoms with Crippen LogP contribution in [-0.2, 0) is 4.57 Å². The van der Waals surface area contributed by atoms with E-state index in [9.17, 15) is 9.36 Å². The zero-order chi connectivity index (χ0) is 13.3. The van der Waals surface area contributed by atoms with Crippen LogP contribution in [0.15, 0.2) is 27.4 Å². The number of oxazole rings is 1. The first-order chi connectivity index (χ1) is 8.43. The van der Waals surface area contributed by atoms with Crippen LogP contribution in [0.4, 0.5) is 0 Å². The van der Waals surface area contributed by atoms with Gasteiger partial charge >= 0.3 is 13.5 Å². The molecule has 0 aromatic carbocycles. The van der Waals surface area contributed by atoms with Crippen LogP contribution in [0.3, 0.4) is 0 Å². The van der Waals surface area contributed by atoms with Crippen molar-refractivity contribution in [1.29, 1.82) is 0 Å². The van der Waals surface area contributed by atoms with Gasteiger partial charge in [-0.15, -0.1) is 0 Å². The Morgan fingerprint density at radius 2 is 2.17 bits per heavy atom. The van der Waals surface area contributed by atoms with E-state index >= 15 is 0 Å². The fourth-order valence-electron chi connectivity index (χ4n) is 1.31. The molecule has 8 nitrogen and oxygen atoms in total. The molecule has 0 saturated carbocycles. The van der Waals surface area contributed by atoms with E-state index in [-0.39, 0.29) is 22.6 Å². The Bertz CT molecular complexity index is 625. The van der Waals surface area contributed by atoms with Crippen LogP contribution in [0.5, 0.6) is 0 Å². The van der Waals surface area contributed by atoms with Crippen LogP contribution >= 0.6 is 7.60 Å². The molecular weight excluding hydrogens is 263 g/mol. The summed E-state index contributed by atoms with van der Waals surface area (Å²) in [6, 6.07) is 1.14. The van der Waals surface area contributed by atoms with Crippen molar-refractivity contribution in [2.24, 2.45) is 0 Å². The number of carbonyl (C=O) groups excluding carboxylic acids is 1. The maximum Gasteiger partial charge on any atom is 0.360 e. The summed E-state index contributed by atoms with van der Waals surface area (Å²) >= 11 is 0. The molecule has 0 fully saturated rings. The van der Waals surface area contributed by atoms with E-state index in [0.29, 0.717) is 0 Å². The number of rotatable bonds is 3. The fraction of sp³-hybridized carbons (Fsp3) is 0.111. The Morgan fingerprint density at radius 3 is 2.78 bits per heavy atom. The van der Waals surface area contributed by atoms with Gasteiger partial charge in [0.25, 0.3) is 5.89 Å². The molecule has 3 N–H and O–H groups in total. The van der Waals surface area contributed by atoms with E-state index in [0.717, 1.165) is 18.6 Å². The van der Waals surface area contributed by atoms with E-state index in [1.807, 2.05) is 0 Å². The summed E-state index contributed by atoms with van der Waals surface area (Å²) in [7, 11) is -3.07. The highest BCUT2D eigenvalue weighted by Crippen LogP contribution is 2.38. The van der Waals surface area contributed by atoms with Crippen LogP contribution in [0.25, 0.3) is 11.5 Å². The third-order valence-corrected chi connectivity index (χ3v) is 3.10. The molecule has 0 radical (unpaired) electrons. The Hall–Kier alpha value is -1.89. The molecule has 9 heteroatoms. The average Bonchev–Trinajstić information content (AvgIpc) is 2.94. The number of hydrogen-bond acceptors (Lipinski definition) is 5. The molecule has 0 spiro atoms. The Balaban J connectivity index is 2.44. The van der Waals surface area contributed by atoms with Gasteiger partial charge in [-0.25, -0.2) is 4.98 Å². The minimum atomic E-state index is -4.47. The van der Waals surface area contributed by atoms with Gasteiger partial charge < -0.3 is 23.9 Å². The van der Waals surface area contributed by atoms with Crippen LogP contribution in [-0.4, -0.2) is 27.7 Å². The highest BCUT2D eigenvalue weighted by molar-refractivity contribution is 7.60. The fourth-order valence-corrected chi connectivity index (χ4v) is 2.00. The molecule has 96 valence electrons. The van der Waals surface area contributed by atoms with Crippen molar-refractivity contribution < 1.29 is 28.0 Å². The smallest absolute Gasteiger partial charge is 0.360 e. The van der Waals surface area contributed by atoms with Gasteiger partial charge in [0.2, 0.25) is 0 Å². The first kappa shape index (κ1) is 12.6. The summed E-state index contributed by atoms with van der Waals surface area (Å²) in [6.07, 6.45) is 2.21. The molecule has 0 aliphatic heterocycles. The number of furan rings is 1. The number of hydrogen-bond donors (Lipinski definition) is 3. The maximum atomic E-state index is 11.2. The van der Waals surface area contributed by atoms with Gasteiger partial charge in [0.05, 0.1) is 6.26 Å². The molecular formula is C9H9N2O6P. The van der Waals surface area contributed by atoms with Crippen molar-refractivity contribution in [3.63, 3.8) is 0 Å². The predicted octanol–water partition coefficient (Wildman–Crippen LogP) is 0.0972. The van der Waals surface area contributed by atoms with E-state index < -0.39 is 13.5 Å².